The maximum absolute atomic E-state index is 13.0. The summed E-state index contributed by atoms with van der Waals surface area (Å²) < 4.78 is 28.2. The van der Waals surface area contributed by atoms with Gasteiger partial charge in [-0.2, -0.15) is 8.42 Å². The Balaban J connectivity index is 1.48. The van der Waals surface area contributed by atoms with E-state index < -0.39 is 16.1 Å². The zero-order valence-corrected chi connectivity index (χ0v) is 19.6. The number of amidine groups is 1. The van der Waals surface area contributed by atoms with Crippen LogP contribution in [0.15, 0.2) is 57.8 Å². The second-order valence-electron chi connectivity index (χ2n) is 8.64. The van der Waals surface area contributed by atoms with Gasteiger partial charge in [0.05, 0.1) is 5.88 Å². The molecule has 0 radical (unpaired) electrons. The maximum Gasteiger partial charge on any atom is 0.285 e. The molecule has 0 aliphatic carbocycles. The fourth-order valence-electron chi connectivity index (χ4n) is 3.51. The lowest BCUT2D eigenvalue weighted by atomic mass is 10.1. The van der Waals surface area contributed by atoms with E-state index in [1.54, 1.807) is 59.1 Å². The molecule has 0 bridgehead atoms. The van der Waals surface area contributed by atoms with Crippen LogP contribution in [-0.2, 0) is 14.8 Å². The van der Waals surface area contributed by atoms with Crippen molar-refractivity contribution in [3.05, 3.63) is 59.7 Å². The first-order valence-corrected chi connectivity index (χ1v) is 12.7. The third-order valence-electron chi connectivity index (χ3n) is 4.97. The summed E-state index contributed by atoms with van der Waals surface area (Å²) in [4.78, 5) is 27.4. The molecule has 2 aliphatic rings. The molecule has 4 rings (SSSR count). The fraction of sp³-hybridized carbons (Fsp3) is 0.318. The summed E-state index contributed by atoms with van der Waals surface area (Å²) in [5.41, 5.74) is 1.19. The van der Waals surface area contributed by atoms with Gasteiger partial charge in [-0.3, -0.25) is 9.59 Å². The van der Waals surface area contributed by atoms with Gasteiger partial charge in [0.15, 0.2) is 5.84 Å². The highest BCUT2D eigenvalue weighted by molar-refractivity contribution is 7.99. The Labute approximate surface area is 191 Å². The van der Waals surface area contributed by atoms with Crippen LogP contribution < -0.4 is 10.6 Å². The Morgan fingerprint density at radius 2 is 1.78 bits per heavy atom. The summed E-state index contributed by atoms with van der Waals surface area (Å²) in [7, 11) is -3.71. The van der Waals surface area contributed by atoms with Gasteiger partial charge in [0.2, 0.25) is 5.91 Å². The zero-order chi connectivity index (χ0) is 23.1. The molecule has 2 heterocycles. The quantitative estimate of drug-likeness (QED) is 0.711. The summed E-state index contributed by atoms with van der Waals surface area (Å²) in [6, 6.07) is 12.8. The van der Waals surface area contributed by atoms with E-state index in [0.29, 0.717) is 28.4 Å². The normalized spacial score (nSPS) is 19.3. The lowest BCUT2D eigenvalue weighted by Crippen LogP contribution is -2.52. The molecular weight excluding hydrogens is 448 g/mol. The second-order valence-corrected chi connectivity index (χ2v) is 11.2. The van der Waals surface area contributed by atoms with Crippen molar-refractivity contribution in [2.75, 3.05) is 16.9 Å². The Morgan fingerprint density at radius 3 is 2.47 bits per heavy atom. The molecular formula is C22H24N4O4S2. The molecule has 2 amide bonds. The number of amides is 2. The summed E-state index contributed by atoms with van der Waals surface area (Å²) in [5, 5.41) is 5.96. The van der Waals surface area contributed by atoms with Gasteiger partial charge < -0.3 is 15.5 Å². The Bertz CT molecular complexity index is 1200. The second kappa shape index (κ2) is 8.25. The number of thioether (sulfide) groups is 1. The number of anilines is 1. The molecule has 2 aliphatic heterocycles. The van der Waals surface area contributed by atoms with Gasteiger partial charge in [-0.25, -0.2) is 0 Å². The molecule has 1 saturated heterocycles. The predicted molar refractivity (Wildman–Crippen MR) is 125 cm³/mol. The van der Waals surface area contributed by atoms with E-state index in [1.165, 1.54) is 6.07 Å². The van der Waals surface area contributed by atoms with Gasteiger partial charge in [0.25, 0.3) is 15.9 Å². The van der Waals surface area contributed by atoms with Crippen molar-refractivity contribution >= 4 is 45.1 Å². The number of nitrogens with one attached hydrogen (secondary N) is 2. The van der Waals surface area contributed by atoms with Crippen molar-refractivity contribution in [3.63, 3.8) is 0 Å². The van der Waals surface area contributed by atoms with E-state index in [1.807, 2.05) is 20.8 Å². The van der Waals surface area contributed by atoms with Crippen LogP contribution in [-0.4, -0.2) is 54.2 Å². The minimum atomic E-state index is -3.71. The lowest BCUT2D eigenvalue weighted by molar-refractivity contribution is -0.125. The number of sulfonamides is 1. The van der Waals surface area contributed by atoms with Crippen LogP contribution in [0, 0.1) is 0 Å². The van der Waals surface area contributed by atoms with Crippen LogP contribution in [0.2, 0.25) is 0 Å². The minimum absolute atomic E-state index is 0.159. The summed E-state index contributed by atoms with van der Waals surface area (Å²) in [6.45, 7) is 5.72. The van der Waals surface area contributed by atoms with E-state index in [0.717, 1.165) is 0 Å². The number of benzene rings is 2. The van der Waals surface area contributed by atoms with Crippen LogP contribution in [0.3, 0.4) is 0 Å². The van der Waals surface area contributed by atoms with Crippen molar-refractivity contribution in [1.82, 2.24) is 10.2 Å². The van der Waals surface area contributed by atoms with Crippen molar-refractivity contribution in [2.45, 2.75) is 37.2 Å². The third-order valence-corrected chi connectivity index (χ3v) is 7.32. The number of carbonyl (C=O) groups excluding carboxylic acids is 2. The van der Waals surface area contributed by atoms with Crippen LogP contribution >= 0.6 is 11.8 Å². The SMILES string of the molecule is CC(C)(C)NC(=O)C1CSCN1C(=O)c1ccc(NC2=NS(=O)(=O)c3ccccc32)cc1. The van der Waals surface area contributed by atoms with Crippen LogP contribution in [0.1, 0.15) is 36.7 Å². The molecule has 2 N–H and O–H groups in total. The number of nitrogens with zero attached hydrogens (tertiary/aromatic N) is 2. The molecule has 1 atom stereocenters. The predicted octanol–water partition coefficient (Wildman–Crippen LogP) is 2.68. The monoisotopic (exact) mass is 472 g/mol. The number of hydrogen-bond donors (Lipinski definition) is 2. The van der Waals surface area contributed by atoms with Gasteiger partial charge in [0.1, 0.15) is 10.9 Å². The highest BCUT2D eigenvalue weighted by Crippen LogP contribution is 2.27. The molecule has 2 aromatic rings. The average molecular weight is 473 g/mol. The number of carbonyl (C=O) groups is 2. The standard InChI is InChI=1S/C22H24N4O4S2/c1-22(2,3)24-20(27)17-12-31-13-26(17)21(28)14-8-10-15(11-9-14)23-19-16-6-4-5-7-18(16)32(29,30)25-19/h4-11,17H,12-13H2,1-3H3,(H,23,25)(H,24,27). The highest BCUT2D eigenvalue weighted by Gasteiger charge is 2.36. The first-order chi connectivity index (χ1) is 15.0. The maximum atomic E-state index is 13.0. The smallest absolute Gasteiger partial charge is 0.285 e. The van der Waals surface area contributed by atoms with Crippen molar-refractivity contribution in [2.24, 2.45) is 4.40 Å². The van der Waals surface area contributed by atoms with Crippen molar-refractivity contribution in [3.8, 4) is 0 Å². The Morgan fingerprint density at radius 1 is 1.09 bits per heavy atom. The first kappa shape index (κ1) is 22.3. The molecule has 32 heavy (non-hydrogen) atoms. The van der Waals surface area contributed by atoms with Gasteiger partial charge in [0, 0.05) is 28.1 Å². The fourth-order valence-corrected chi connectivity index (χ4v) is 5.84. The summed E-state index contributed by atoms with van der Waals surface area (Å²) >= 11 is 1.54. The van der Waals surface area contributed by atoms with Gasteiger partial charge in [-0.15, -0.1) is 16.2 Å². The van der Waals surface area contributed by atoms with Crippen LogP contribution in [0.5, 0.6) is 0 Å². The molecule has 1 unspecified atom stereocenters. The van der Waals surface area contributed by atoms with E-state index >= 15 is 0 Å². The van der Waals surface area contributed by atoms with Gasteiger partial charge in [-0.1, -0.05) is 12.1 Å². The van der Waals surface area contributed by atoms with E-state index in [2.05, 4.69) is 15.0 Å². The molecule has 1 fully saturated rings. The number of fused-ring (bicyclic) bond motifs is 1. The molecule has 168 valence electrons. The van der Waals surface area contributed by atoms with Crippen LogP contribution in [0.4, 0.5) is 5.69 Å². The van der Waals surface area contributed by atoms with E-state index in [4.69, 9.17) is 0 Å². The third kappa shape index (κ3) is 4.51. The Kier molecular flexibility index (Phi) is 5.76. The first-order valence-electron chi connectivity index (χ1n) is 10.1. The average Bonchev–Trinajstić information content (AvgIpc) is 3.31. The van der Waals surface area contributed by atoms with Crippen LogP contribution in [0.25, 0.3) is 0 Å². The highest BCUT2D eigenvalue weighted by atomic mass is 32.2. The zero-order valence-electron chi connectivity index (χ0n) is 18.0. The number of hydrogen-bond acceptors (Lipinski definition) is 6. The molecule has 0 aromatic heterocycles. The summed E-state index contributed by atoms with van der Waals surface area (Å²) in [5.74, 6) is 0.873. The topological polar surface area (TPSA) is 108 Å². The van der Waals surface area contributed by atoms with Gasteiger partial charge >= 0.3 is 0 Å². The van der Waals surface area contributed by atoms with Crippen molar-refractivity contribution < 1.29 is 18.0 Å². The Hall–Kier alpha value is -2.85. The molecule has 8 nitrogen and oxygen atoms in total. The largest absolute Gasteiger partial charge is 0.350 e. The molecule has 2 aromatic carbocycles. The van der Waals surface area contributed by atoms with Crippen molar-refractivity contribution in [1.29, 1.82) is 0 Å². The minimum Gasteiger partial charge on any atom is -0.350 e. The van der Waals surface area contributed by atoms with E-state index in [9.17, 15) is 18.0 Å². The molecule has 10 heteroatoms. The summed E-state index contributed by atoms with van der Waals surface area (Å²) in [6.07, 6.45) is 0. The van der Waals surface area contributed by atoms with Gasteiger partial charge in [-0.05, 0) is 57.2 Å². The van der Waals surface area contributed by atoms with E-state index in [-0.39, 0.29) is 28.1 Å². The number of rotatable bonds is 3. The molecule has 0 saturated carbocycles. The molecule has 0 spiro atoms. The lowest BCUT2D eigenvalue weighted by Gasteiger charge is -2.27.